The van der Waals surface area contributed by atoms with Crippen molar-refractivity contribution in [3.05, 3.63) is 59.9 Å². The van der Waals surface area contributed by atoms with Crippen LogP contribution in [0.3, 0.4) is 0 Å². The highest BCUT2D eigenvalue weighted by molar-refractivity contribution is 5.97. The Morgan fingerprint density at radius 2 is 1.79 bits per heavy atom. The van der Waals surface area contributed by atoms with Crippen molar-refractivity contribution in [3.63, 3.8) is 0 Å². The third-order valence-electron chi connectivity index (χ3n) is 5.03. The van der Waals surface area contributed by atoms with E-state index in [-0.39, 0.29) is 30.5 Å². The van der Waals surface area contributed by atoms with Gasteiger partial charge in [0.15, 0.2) is 0 Å². The van der Waals surface area contributed by atoms with E-state index in [2.05, 4.69) is 10.6 Å². The number of hydrogen-bond donors (Lipinski definition) is 3. The lowest BCUT2D eigenvalue weighted by molar-refractivity contribution is -0.130. The van der Waals surface area contributed by atoms with Gasteiger partial charge < -0.3 is 21.1 Å². The highest BCUT2D eigenvalue weighted by Gasteiger charge is 2.38. The smallest absolute Gasteiger partial charge is 0.232 e. The number of ether oxygens (including phenoxy) is 1. The molecule has 4 N–H and O–H groups in total. The van der Waals surface area contributed by atoms with E-state index in [0.29, 0.717) is 31.7 Å². The van der Waals surface area contributed by atoms with Crippen molar-refractivity contribution in [2.45, 2.75) is 19.3 Å². The highest BCUT2D eigenvalue weighted by Crippen LogP contribution is 2.31. The molecule has 1 fully saturated rings. The molecule has 2 amide bonds. The molecule has 2 aromatic carbocycles. The Kier molecular flexibility index (Phi) is 6.38. The molecule has 1 aliphatic heterocycles. The van der Waals surface area contributed by atoms with Crippen LogP contribution in [0.15, 0.2) is 48.5 Å². The van der Waals surface area contributed by atoms with Crippen LogP contribution >= 0.6 is 0 Å². The number of rotatable bonds is 6. The fraction of sp³-hybridized carbons (Fsp3) is 0.333. The Labute approximate surface area is 163 Å². The monoisotopic (exact) mass is 385 g/mol. The van der Waals surface area contributed by atoms with Gasteiger partial charge in [-0.25, -0.2) is 4.39 Å². The Morgan fingerprint density at radius 3 is 2.46 bits per heavy atom. The van der Waals surface area contributed by atoms with Gasteiger partial charge in [-0.3, -0.25) is 9.59 Å². The van der Waals surface area contributed by atoms with Gasteiger partial charge in [0.2, 0.25) is 11.8 Å². The predicted octanol–water partition coefficient (Wildman–Crippen LogP) is 2.70. The summed E-state index contributed by atoms with van der Waals surface area (Å²) in [4.78, 5) is 25.0. The molecule has 0 aromatic heterocycles. The van der Waals surface area contributed by atoms with Crippen LogP contribution in [0.25, 0.3) is 0 Å². The van der Waals surface area contributed by atoms with Gasteiger partial charge in [0.1, 0.15) is 5.82 Å². The number of anilines is 2. The fourth-order valence-electron chi connectivity index (χ4n) is 3.22. The van der Waals surface area contributed by atoms with Gasteiger partial charge in [-0.15, -0.1) is 0 Å². The van der Waals surface area contributed by atoms with Crippen LogP contribution in [0.2, 0.25) is 0 Å². The van der Waals surface area contributed by atoms with E-state index in [1.165, 1.54) is 18.2 Å². The second kappa shape index (κ2) is 8.95. The summed E-state index contributed by atoms with van der Waals surface area (Å²) in [5.74, 6) is -1.12. The number of carbonyl (C=O) groups is 2. The minimum Gasteiger partial charge on any atom is -0.381 e. The van der Waals surface area contributed by atoms with Crippen LogP contribution < -0.4 is 16.4 Å². The molecule has 0 aliphatic carbocycles. The van der Waals surface area contributed by atoms with Gasteiger partial charge in [-0.05, 0) is 36.6 Å². The molecule has 1 aliphatic rings. The van der Waals surface area contributed by atoms with Crippen molar-refractivity contribution in [2.75, 3.05) is 30.4 Å². The lowest BCUT2D eigenvalue weighted by Gasteiger charge is -2.34. The molecule has 1 heterocycles. The molecule has 3 rings (SSSR count). The SMILES string of the molecule is NCC1(C(=O)Nc2ccc(F)c(NC(=O)Cc3ccccc3)c2)CCOCC1. The third-order valence-corrected chi connectivity index (χ3v) is 5.03. The first-order valence-corrected chi connectivity index (χ1v) is 9.25. The molecule has 6 nitrogen and oxygen atoms in total. The number of benzene rings is 2. The molecule has 0 unspecified atom stereocenters. The molecule has 7 heteroatoms. The first kappa shape index (κ1) is 20.0. The van der Waals surface area contributed by atoms with E-state index in [0.717, 1.165) is 5.56 Å². The van der Waals surface area contributed by atoms with E-state index >= 15 is 0 Å². The largest absolute Gasteiger partial charge is 0.381 e. The average Bonchev–Trinajstić information content (AvgIpc) is 2.71. The summed E-state index contributed by atoms with van der Waals surface area (Å²) in [6.45, 7) is 1.17. The molecule has 28 heavy (non-hydrogen) atoms. The summed E-state index contributed by atoms with van der Waals surface area (Å²) in [7, 11) is 0. The first-order chi connectivity index (χ1) is 13.5. The number of nitrogens with one attached hydrogen (secondary N) is 2. The van der Waals surface area contributed by atoms with Crippen molar-refractivity contribution in [2.24, 2.45) is 11.1 Å². The van der Waals surface area contributed by atoms with Crippen molar-refractivity contribution >= 4 is 23.2 Å². The van der Waals surface area contributed by atoms with Crippen molar-refractivity contribution < 1.29 is 18.7 Å². The molecule has 0 bridgehead atoms. The van der Waals surface area contributed by atoms with Crippen molar-refractivity contribution in [1.29, 1.82) is 0 Å². The lowest BCUT2D eigenvalue weighted by atomic mass is 9.79. The zero-order valence-electron chi connectivity index (χ0n) is 15.5. The molecule has 2 aromatic rings. The molecule has 148 valence electrons. The van der Waals surface area contributed by atoms with Crippen LogP contribution in [0.4, 0.5) is 15.8 Å². The highest BCUT2D eigenvalue weighted by atomic mass is 19.1. The Balaban J connectivity index is 1.68. The van der Waals surface area contributed by atoms with Crippen LogP contribution in [0.5, 0.6) is 0 Å². The summed E-state index contributed by atoms with van der Waals surface area (Å²) in [5.41, 5.74) is 6.41. The second-order valence-electron chi connectivity index (χ2n) is 6.96. The summed E-state index contributed by atoms with van der Waals surface area (Å²) in [6, 6.07) is 13.3. The second-order valence-corrected chi connectivity index (χ2v) is 6.96. The predicted molar refractivity (Wildman–Crippen MR) is 105 cm³/mol. The van der Waals surface area contributed by atoms with E-state index in [1.54, 1.807) is 0 Å². The standard InChI is InChI=1S/C21H24FN3O3/c22-17-7-6-16(24-20(27)21(14-23)8-10-28-11-9-21)13-18(17)25-19(26)12-15-4-2-1-3-5-15/h1-7,13H,8-12,14,23H2,(H,24,27)(H,25,26). The van der Waals surface area contributed by atoms with Gasteiger partial charge in [-0.1, -0.05) is 30.3 Å². The molecule has 1 saturated heterocycles. The summed E-state index contributed by atoms with van der Waals surface area (Å²) in [6.07, 6.45) is 1.21. The molecular formula is C21H24FN3O3. The van der Waals surface area contributed by atoms with Crippen molar-refractivity contribution in [3.8, 4) is 0 Å². The number of halogens is 1. The number of carbonyl (C=O) groups excluding carboxylic acids is 2. The number of amides is 2. The van der Waals surface area contributed by atoms with Gasteiger partial charge in [0, 0.05) is 25.4 Å². The number of hydrogen-bond acceptors (Lipinski definition) is 4. The first-order valence-electron chi connectivity index (χ1n) is 9.25. The van der Waals surface area contributed by atoms with Crippen LogP contribution in [-0.2, 0) is 20.7 Å². The van der Waals surface area contributed by atoms with Gasteiger partial charge >= 0.3 is 0 Å². The van der Waals surface area contributed by atoms with Crippen LogP contribution in [-0.4, -0.2) is 31.6 Å². The Morgan fingerprint density at radius 1 is 1.07 bits per heavy atom. The average molecular weight is 385 g/mol. The van der Waals surface area contributed by atoms with Crippen LogP contribution in [0.1, 0.15) is 18.4 Å². The van der Waals surface area contributed by atoms with E-state index in [1.807, 2.05) is 30.3 Å². The molecule has 0 spiro atoms. The minimum atomic E-state index is -0.691. The van der Waals surface area contributed by atoms with E-state index < -0.39 is 11.2 Å². The zero-order valence-corrected chi connectivity index (χ0v) is 15.5. The van der Waals surface area contributed by atoms with Crippen LogP contribution in [0, 0.1) is 11.2 Å². The van der Waals surface area contributed by atoms with E-state index in [9.17, 15) is 14.0 Å². The fourth-order valence-corrected chi connectivity index (χ4v) is 3.22. The van der Waals surface area contributed by atoms with Crippen molar-refractivity contribution in [1.82, 2.24) is 0 Å². The molecule has 0 radical (unpaired) electrons. The minimum absolute atomic E-state index is 0.0208. The normalized spacial score (nSPS) is 15.6. The third kappa shape index (κ3) is 4.74. The molecular weight excluding hydrogens is 361 g/mol. The quantitative estimate of drug-likeness (QED) is 0.713. The maximum atomic E-state index is 14.1. The molecule has 0 atom stereocenters. The topological polar surface area (TPSA) is 93.5 Å². The maximum Gasteiger partial charge on any atom is 0.232 e. The molecule has 0 saturated carbocycles. The lowest BCUT2D eigenvalue weighted by Crippen LogP contribution is -2.46. The summed E-state index contributed by atoms with van der Waals surface area (Å²) >= 11 is 0. The van der Waals surface area contributed by atoms with Gasteiger partial charge in [-0.2, -0.15) is 0 Å². The van der Waals surface area contributed by atoms with E-state index in [4.69, 9.17) is 10.5 Å². The summed E-state index contributed by atoms with van der Waals surface area (Å²) in [5, 5.41) is 5.37. The summed E-state index contributed by atoms with van der Waals surface area (Å²) < 4.78 is 19.5. The number of nitrogens with two attached hydrogens (primary N) is 1. The Bertz CT molecular complexity index is 836. The Hall–Kier alpha value is -2.77. The maximum absolute atomic E-state index is 14.1. The zero-order chi connectivity index (χ0) is 20.0. The van der Waals surface area contributed by atoms with Gasteiger partial charge in [0.05, 0.1) is 17.5 Å². The van der Waals surface area contributed by atoms with Gasteiger partial charge in [0.25, 0.3) is 0 Å².